The van der Waals surface area contributed by atoms with Gasteiger partial charge < -0.3 is 9.64 Å². The second-order valence-corrected chi connectivity index (χ2v) is 18.2. The number of rotatable bonds is 3. The van der Waals surface area contributed by atoms with Gasteiger partial charge in [0.2, 0.25) is 0 Å². The van der Waals surface area contributed by atoms with E-state index < -0.39 is 5.41 Å². The monoisotopic (exact) mass is 831 g/mol. The molecule has 2 nitrogen and oxygen atoms in total. The Labute approximate surface area is 375 Å². The van der Waals surface area contributed by atoms with Gasteiger partial charge in [-0.15, -0.1) is 11.3 Å². The number of fused-ring (bicyclic) bond motifs is 20. The van der Waals surface area contributed by atoms with Crippen molar-refractivity contribution in [2.45, 2.75) is 5.41 Å². The Morgan fingerprint density at radius 2 is 0.875 bits per heavy atom. The van der Waals surface area contributed by atoms with Gasteiger partial charge in [0, 0.05) is 42.7 Å². The van der Waals surface area contributed by atoms with E-state index in [2.05, 4.69) is 229 Å². The summed E-state index contributed by atoms with van der Waals surface area (Å²) < 4.78 is 9.78. The number of ether oxygens (including phenoxy) is 1. The molecule has 2 aliphatic carbocycles. The fourth-order valence-electron chi connectivity index (χ4n) is 11.3. The van der Waals surface area contributed by atoms with Crippen molar-refractivity contribution in [3.63, 3.8) is 0 Å². The van der Waals surface area contributed by atoms with Crippen LogP contribution >= 0.6 is 11.3 Å². The van der Waals surface area contributed by atoms with Crippen molar-refractivity contribution in [1.82, 2.24) is 0 Å². The van der Waals surface area contributed by atoms with Crippen LogP contribution in [0.4, 0.5) is 17.1 Å². The van der Waals surface area contributed by atoms with E-state index in [9.17, 15) is 0 Å². The Morgan fingerprint density at radius 1 is 0.328 bits per heavy atom. The predicted molar refractivity (Wildman–Crippen MR) is 267 cm³/mol. The van der Waals surface area contributed by atoms with Gasteiger partial charge in [-0.05, 0) is 121 Å². The minimum Gasteiger partial charge on any atom is -0.454 e. The zero-order valence-corrected chi connectivity index (χ0v) is 35.4. The second-order valence-electron chi connectivity index (χ2n) is 17.1. The molecule has 1 unspecified atom stereocenters. The van der Waals surface area contributed by atoms with Crippen LogP contribution in [0.15, 0.2) is 224 Å². The van der Waals surface area contributed by atoms with Gasteiger partial charge in [-0.25, -0.2) is 0 Å². The summed E-state index contributed by atoms with van der Waals surface area (Å²) in [5.74, 6) is 1.67. The molecule has 1 aromatic heterocycles. The van der Waals surface area contributed by atoms with E-state index in [1.165, 1.54) is 75.8 Å². The Morgan fingerprint density at radius 3 is 1.64 bits per heavy atom. The van der Waals surface area contributed by atoms with Crippen LogP contribution < -0.4 is 9.64 Å². The summed E-state index contributed by atoms with van der Waals surface area (Å²) in [6.45, 7) is 0. The van der Waals surface area contributed by atoms with Crippen LogP contribution in [0, 0.1) is 0 Å². The van der Waals surface area contributed by atoms with E-state index in [4.69, 9.17) is 4.74 Å². The van der Waals surface area contributed by atoms with E-state index in [1.54, 1.807) is 0 Å². The van der Waals surface area contributed by atoms with Gasteiger partial charge in [-0.2, -0.15) is 0 Å². The van der Waals surface area contributed by atoms with Gasteiger partial charge in [0.25, 0.3) is 0 Å². The van der Waals surface area contributed by atoms with Crippen LogP contribution in [-0.2, 0) is 5.41 Å². The fraction of sp³-hybridized carbons (Fsp3) is 0.0164. The van der Waals surface area contributed by atoms with Crippen molar-refractivity contribution in [3.8, 4) is 67.1 Å². The zero-order chi connectivity index (χ0) is 41.9. The van der Waals surface area contributed by atoms with E-state index >= 15 is 0 Å². The van der Waals surface area contributed by atoms with Crippen molar-refractivity contribution in [2.75, 3.05) is 4.90 Å². The molecule has 0 fully saturated rings. The first-order valence-electron chi connectivity index (χ1n) is 22.0. The van der Waals surface area contributed by atoms with Crippen LogP contribution in [0.2, 0.25) is 0 Å². The molecule has 3 aliphatic rings. The lowest BCUT2D eigenvalue weighted by Crippen LogP contribution is -2.29. The van der Waals surface area contributed by atoms with Gasteiger partial charge in [0.15, 0.2) is 5.75 Å². The summed E-state index contributed by atoms with van der Waals surface area (Å²) in [5.41, 5.74) is 19.7. The van der Waals surface area contributed by atoms with E-state index in [1.807, 2.05) is 11.3 Å². The third kappa shape index (κ3) is 4.85. The smallest absolute Gasteiger partial charge is 0.159 e. The Kier molecular flexibility index (Phi) is 7.51. The molecule has 2 heterocycles. The molecule has 1 spiro atoms. The highest BCUT2D eigenvalue weighted by Gasteiger charge is 2.50. The van der Waals surface area contributed by atoms with Crippen molar-refractivity contribution in [1.29, 1.82) is 0 Å². The molecule has 0 radical (unpaired) electrons. The van der Waals surface area contributed by atoms with Gasteiger partial charge in [0.1, 0.15) is 5.75 Å². The van der Waals surface area contributed by atoms with Crippen molar-refractivity contribution in [3.05, 3.63) is 247 Å². The number of nitrogens with zero attached hydrogens (tertiary/aromatic N) is 1. The molecule has 0 amide bonds. The highest BCUT2D eigenvalue weighted by Crippen LogP contribution is 2.63. The fourth-order valence-corrected chi connectivity index (χ4v) is 12.4. The SMILES string of the molecule is c1ccc(N(c2ccc3c(c2)-c2ccccc2-c2ccccc2C32c3ccccc3-c3cc4sc5ccccc5c4cc32)c2cccc3c2Oc2ccccc2-c2ccccc2-3)cc1. The molecule has 0 bridgehead atoms. The molecule has 11 aromatic rings. The first-order chi connectivity index (χ1) is 31.8. The van der Waals surface area contributed by atoms with Gasteiger partial charge >= 0.3 is 0 Å². The molecule has 14 rings (SSSR count). The summed E-state index contributed by atoms with van der Waals surface area (Å²) in [6.07, 6.45) is 0. The lowest BCUT2D eigenvalue weighted by atomic mass is 9.65. The maximum Gasteiger partial charge on any atom is 0.159 e. The predicted octanol–water partition coefficient (Wildman–Crippen LogP) is 17.0. The first-order valence-corrected chi connectivity index (χ1v) is 22.8. The highest BCUT2D eigenvalue weighted by atomic mass is 32.1. The lowest BCUT2D eigenvalue weighted by molar-refractivity contribution is 0.489. The average Bonchev–Trinajstić information content (AvgIpc) is 3.77. The van der Waals surface area contributed by atoms with Gasteiger partial charge in [-0.3, -0.25) is 0 Å². The Hall–Kier alpha value is -7.98. The summed E-state index contributed by atoms with van der Waals surface area (Å²) in [6, 6.07) is 82.9. The molecule has 10 aromatic carbocycles. The molecule has 1 aliphatic heterocycles. The van der Waals surface area contributed by atoms with Crippen molar-refractivity contribution < 1.29 is 4.74 Å². The molecule has 0 N–H and O–H groups in total. The normalized spacial score (nSPS) is 14.8. The standard InChI is InChI=1S/C61H37NOS/c1-2-17-38(18-3-1)62(56-30-16-27-48-42-21-6-5-20-41(42)46-25-10-14-31-57(46)63-60(48)56)39-33-34-54-49(35-39)43-22-7-4-19-40(43)44-23-8-12-28-52(44)61(54)53-29-13-9-24-45(53)50-37-59-51(36-55(50)61)47-26-11-15-32-58(47)64-59/h1-37H. The second kappa shape index (κ2) is 13.5. The molecule has 0 saturated heterocycles. The largest absolute Gasteiger partial charge is 0.454 e. The molecular formula is C61H37NOS. The number of benzene rings is 10. The van der Waals surface area contributed by atoms with Crippen molar-refractivity contribution >= 4 is 48.6 Å². The van der Waals surface area contributed by atoms with Crippen LogP contribution in [0.3, 0.4) is 0 Å². The summed E-state index contributed by atoms with van der Waals surface area (Å²) in [5, 5.41) is 2.62. The van der Waals surface area contributed by atoms with Crippen molar-refractivity contribution in [2.24, 2.45) is 0 Å². The third-order valence-corrected chi connectivity index (χ3v) is 15.0. The van der Waals surface area contributed by atoms with E-state index in [-0.39, 0.29) is 0 Å². The number of thiophene rings is 1. The zero-order valence-electron chi connectivity index (χ0n) is 34.6. The van der Waals surface area contributed by atoms with Gasteiger partial charge in [0.05, 0.1) is 11.1 Å². The summed E-state index contributed by atoms with van der Waals surface area (Å²) in [4.78, 5) is 2.39. The number of anilines is 3. The maximum atomic E-state index is 7.14. The van der Waals surface area contributed by atoms with Crippen LogP contribution in [0.1, 0.15) is 22.3 Å². The molecule has 0 saturated carbocycles. The number of hydrogen-bond acceptors (Lipinski definition) is 3. The summed E-state index contributed by atoms with van der Waals surface area (Å²) in [7, 11) is 0. The molecular weight excluding hydrogens is 795 g/mol. The Balaban J connectivity index is 1.08. The maximum absolute atomic E-state index is 7.14. The summed E-state index contributed by atoms with van der Waals surface area (Å²) >= 11 is 1.89. The molecule has 3 heteroatoms. The van der Waals surface area contributed by atoms with Crippen LogP contribution in [0.25, 0.3) is 75.8 Å². The number of hydrogen-bond donors (Lipinski definition) is 0. The topological polar surface area (TPSA) is 12.5 Å². The van der Waals surface area contributed by atoms with E-state index in [0.717, 1.165) is 50.8 Å². The molecule has 1 atom stereocenters. The quantitative estimate of drug-likeness (QED) is 0.176. The van der Waals surface area contributed by atoms with Gasteiger partial charge in [-0.1, -0.05) is 170 Å². The van der Waals surface area contributed by atoms with Crippen LogP contribution in [-0.4, -0.2) is 0 Å². The third-order valence-electron chi connectivity index (χ3n) is 13.9. The average molecular weight is 832 g/mol. The highest BCUT2D eigenvalue weighted by molar-refractivity contribution is 7.25. The molecule has 298 valence electrons. The minimum atomic E-state index is -0.607. The lowest BCUT2D eigenvalue weighted by Gasteiger charge is -2.36. The van der Waals surface area contributed by atoms with E-state index in [0.29, 0.717) is 0 Å². The van der Waals surface area contributed by atoms with Crippen LogP contribution in [0.5, 0.6) is 11.5 Å². The minimum absolute atomic E-state index is 0.607. The first kappa shape index (κ1) is 35.6. The molecule has 64 heavy (non-hydrogen) atoms. The number of para-hydroxylation sites is 3. The Bertz CT molecular complexity index is 3730.